The van der Waals surface area contributed by atoms with Crippen molar-refractivity contribution in [2.24, 2.45) is 4.99 Å². The highest BCUT2D eigenvalue weighted by atomic mass is 16.5. The minimum atomic E-state index is -0.406. The fraction of sp³-hybridized carbons (Fsp3) is 0.0909. The molecule has 1 heterocycles. The molecule has 3 nitrogen and oxygen atoms in total. The van der Waals surface area contributed by atoms with Crippen molar-refractivity contribution in [1.29, 1.82) is 0 Å². The van der Waals surface area contributed by atoms with Gasteiger partial charge in [-0.3, -0.25) is 0 Å². The lowest BCUT2D eigenvalue weighted by Crippen LogP contribution is -2.20. The van der Waals surface area contributed by atoms with Gasteiger partial charge in [-0.05, 0) is 25.1 Å². The first-order chi connectivity index (χ1) is 6.75. The molecule has 14 heavy (non-hydrogen) atoms. The molecule has 0 amide bonds. The van der Waals surface area contributed by atoms with E-state index >= 15 is 0 Å². The van der Waals surface area contributed by atoms with Gasteiger partial charge in [0, 0.05) is 6.20 Å². The molecule has 0 spiro atoms. The van der Waals surface area contributed by atoms with Crippen LogP contribution in [0.1, 0.15) is 5.56 Å². The van der Waals surface area contributed by atoms with Gasteiger partial charge in [0.2, 0.25) is 0 Å². The Morgan fingerprint density at radius 1 is 1.29 bits per heavy atom. The number of esters is 1. The van der Waals surface area contributed by atoms with E-state index in [1.165, 1.54) is 0 Å². The van der Waals surface area contributed by atoms with E-state index < -0.39 is 5.97 Å². The maximum Gasteiger partial charge on any atom is 0.362 e. The number of carbonyl (C=O) groups is 1. The van der Waals surface area contributed by atoms with Gasteiger partial charge in [0.15, 0.2) is 0 Å². The summed E-state index contributed by atoms with van der Waals surface area (Å²) in [4.78, 5) is 15.0. The molecule has 0 N–H and O–H groups in total. The molecule has 0 saturated carbocycles. The lowest BCUT2D eigenvalue weighted by molar-refractivity contribution is -0.126. The number of hydrogen-bond acceptors (Lipinski definition) is 3. The van der Waals surface area contributed by atoms with Crippen molar-refractivity contribution in [3.63, 3.8) is 0 Å². The van der Waals surface area contributed by atoms with Gasteiger partial charge in [-0.25, -0.2) is 9.79 Å². The van der Waals surface area contributed by atoms with Crippen LogP contribution in [0.25, 0.3) is 0 Å². The van der Waals surface area contributed by atoms with Crippen LogP contribution in [0.4, 0.5) is 0 Å². The fourth-order valence-corrected chi connectivity index (χ4v) is 1.04. The Hall–Kier alpha value is -1.90. The first kappa shape index (κ1) is 8.69. The normalized spacial score (nSPS) is 13.1. The van der Waals surface area contributed by atoms with E-state index in [0.717, 1.165) is 5.56 Å². The Kier molecular flexibility index (Phi) is 2.14. The van der Waals surface area contributed by atoms with Gasteiger partial charge in [0.05, 0.1) is 0 Å². The average molecular weight is 187 g/mol. The second kappa shape index (κ2) is 3.46. The molecule has 0 radical (unpaired) electrons. The summed E-state index contributed by atoms with van der Waals surface area (Å²) in [5.74, 6) is 0.139. The molecular weight excluding hydrogens is 178 g/mol. The first-order valence-electron chi connectivity index (χ1n) is 4.29. The van der Waals surface area contributed by atoms with Gasteiger partial charge in [0.1, 0.15) is 11.5 Å². The molecule has 1 aromatic rings. The summed E-state index contributed by atoms with van der Waals surface area (Å²) in [6.45, 7) is 1.98. The number of benzene rings is 1. The Balaban J connectivity index is 2.03. The molecule has 70 valence electrons. The molecule has 0 aliphatic carbocycles. The number of hydrogen-bond donors (Lipinski definition) is 0. The van der Waals surface area contributed by atoms with E-state index in [4.69, 9.17) is 4.74 Å². The lowest BCUT2D eigenvalue weighted by atomic mass is 10.2. The van der Waals surface area contributed by atoms with Gasteiger partial charge < -0.3 is 4.74 Å². The van der Waals surface area contributed by atoms with Gasteiger partial charge in [-0.15, -0.1) is 0 Å². The van der Waals surface area contributed by atoms with Crippen LogP contribution in [-0.4, -0.2) is 11.7 Å². The van der Waals surface area contributed by atoms with E-state index in [2.05, 4.69) is 4.99 Å². The van der Waals surface area contributed by atoms with Crippen molar-refractivity contribution in [2.75, 3.05) is 0 Å². The third kappa shape index (κ3) is 1.71. The minimum Gasteiger partial charge on any atom is -0.422 e. The molecule has 0 saturated heterocycles. The van der Waals surface area contributed by atoms with E-state index in [0.29, 0.717) is 11.5 Å². The molecule has 0 unspecified atom stereocenters. The quantitative estimate of drug-likeness (QED) is 0.523. The zero-order valence-electron chi connectivity index (χ0n) is 7.73. The zero-order chi connectivity index (χ0) is 9.97. The number of carbonyl (C=O) groups excluding carboxylic acids is 1. The van der Waals surface area contributed by atoms with Crippen molar-refractivity contribution in [3.8, 4) is 5.75 Å². The number of rotatable bonds is 2. The van der Waals surface area contributed by atoms with Crippen molar-refractivity contribution in [1.82, 2.24) is 0 Å². The SMILES string of the molecule is Cc1ccc(OC(=O)C2=NC=C2)cc1. The summed E-state index contributed by atoms with van der Waals surface area (Å²) < 4.78 is 5.05. The van der Waals surface area contributed by atoms with E-state index in [1.54, 1.807) is 24.4 Å². The van der Waals surface area contributed by atoms with Crippen LogP contribution in [0.5, 0.6) is 5.75 Å². The molecule has 0 bridgehead atoms. The van der Waals surface area contributed by atoms with Crippen LogP contribution in [0.15, 0.2) is 41.5 Å². The van der Waals surface area contributed by atoms with Gasteiger partial charge in [0.25, 0.3) is 0 Å². The van der Waals surface area contributed by atoms with Crippen molar-refractivity contribution in [3.05, 3.63) is 42.1 Å². The highest BCUT2D eigenvalue weighted by Gasteiger charge is 2.13. The van der Waals surface area contributed by atoms with Crippen LogP contribution < -0.4 is 4.74 Å². The lowest BCUT2D eigenvalue weighted by Gasteiger charge is -2.06. The largest absolute Gasteiger partial charge is 0.422 e. The Morgan fingerprint density at radius 3 is 2.43 bits per heavy atom. The van der Waals surface area contributed by atoms with Crippen LogP contribution in [0.2, 0.25) is 0 Å². The van der Waals surface area contributed by atoms with Gasteiger partial charge in [-0.2, -0.15) is 0 Å². The van der Waals surface area contributed by atoms with Crippen LogP contribution >= 0.6 is 0 Å². The molecule has 1 aromatic carbocycles. The molecule has 2 rings (SSSR count). The molecular formula is C11H9NO2. The summed E-state index contributed by atoms with van der Waals surface area (Å²) in [5.41, 5.74) is 1.50. The summed E-state index contributed by atoms with van der Waals surface area (Å²) in [7, 11) is 0. The Bertz CT molecular complexity index is 415. The van der Waals surface area contributed by atoms with Crippen LogP contribution in [0, 0.1) is 6.92 Å². The number of ether oxygens (including phenoxy) is 1. The van der Waals surface area contributed by atoms with Crippen molar-refractivity contribution in [2.45, 2.75) is 6.92 Å². The predicted octanol–water partition coefficient (Wildman–Crippen LogP) is 1.87. The second-order valence-electron chi connectivity index (χ2n) is 3.03. The molecule has 0 atom stereocenters. The maximum absolute atomic E-state index is 11.3. The number of nitrogens with zero attached hydrogens (tertiary/aromatic N) is 1. The topological polar surface area (TPSA) is 38.7 Å². The van der Waals surface area contributed by atoms with E-state index in [1.807, 2.05) is 19.1 Å². The monoisotopic (exact) mass is 187 g/mol. The first-order valence-corrected chi connectivity index (χ1v) is 4.29. The molecule has 3 heteroatoms. The second-order valence-corrected chi connectivity index (χ2v) is 3.03. The van der Waals surface area contributed by atoms with Crippen LogP contribution in [0.3, 0.4) is 0 Å². The summed E-state index contributed by atoms with van der Waals surface area (Å²) in [5, 5.41) is 0. The van der Waals surface area contributed by atoms with Gasteiger partial charge >= 0.3 is 5.97 Å². The third-order valence-electron chi connectivity index (χ3n) is 1.89. The highest BCUT2D eigenvalue weighted by molar-refractivity contribution is 6.43. The standard InChI is InChI=1S/C11H9NO2/c1-8-2-4-9(5-3-8)14-11(13)10-6-7-12-10/h2-7H,1H3. The van der Waals surface area contributed by atoms with Crippen molar-refractivity contribution < 1.29 is 9.53 Å². The average Bonchev–Trinajstić information content (AvgIpc) is 2.06. The van der Waals surface area contributed by atoms with Crippen LogP contribution in [-0.2, 0) is 4.79 Å². The molecule has 1 aliphatic heterocycles. The van der Waals surface area contributed by atoms with Crippen molar-refractivity contribution >= 4 is 11.7 Å². The smallest absolute Gasteiger partial charge is 0.362 e. The van der Waals surface area contributed by atoms with E-state index in [9.17, 15) is 4.79 Å². The zero-order valence-corrected chi connectivity index (χ0v) is 7.73. The summed E-state index contributed by atoms with van der Waals surface area (Å²) >= 11 is 0. The van der Waals surface area contributed by atoms with Gasteiger partial charge in [-0.1, -0.05) is 17.7 Å². The predicted molar refractivity (Wildman–Crippen MR) is 53.4 cm³/mol. The number of aryl methyl sites for hydroxylation is 1. The number of aliphatic imine (C=N–C) groups is 1. The fourth-order valence-electron chi connectivity index (χ4n) is 1.04. The molecule has 0 fully saturated rings. The third-order valence-corrected chi connectivity index (χ3v) is 1.89. The molecule has 1 aliphatic rings. The maximum atomic E-state index is 11.3. The summed E-state index contributed by atoms with van der Waals surface area (Å²) in [6.07, 6.45) is 3.18. The van der Waals surface area contributed by atoms with E-state index in [-0.39, 0.29) is 0 Å². The summed E-state index contributed by atoms with van der Waals surface area (Å²) in [6, 6.07) is 7.30. The Morgan fingerprint density at radius 2 is 1.93 bits per heavy atom. The minimum absolute atomic E-state index is 0.366. The molecule has 0 aromatic heterocycles. The Labute approximate surface area is 81.7 Å². The highest BCUT2D eigenvalue weighted by Crippen LogP contribution is 2.12.